The molecule has 3 aromatic rings. The first-order valence-corrected chi connectivity index (χ1v) is 13.2. The minimum Gasteiger partial charge on any atom is -0.361 e. The number of benzene rings is 2. The van der Waals surface area contributed by atoms with Crippen LogP contribution in [0.5, 0.6) is 0 Å². The lowest BCUT2D eigenvalue weighted by molar-refractivity contribution is 0.603. The molecule has 0 saturated heterocycles. The molecule has 186 valence electrons. The first kappa shape index (κ1) is 28.1. The van der Waals surface area contributed by atoms with Gasteiger partial charge in [-0.2, -0.15) is 5.26 Å². The van der Waals surface area contributed by atoms with Crippen molar-refractivity contribution in [2.45, 2.75) is 73.1 Å². The highest BCUT2D eigenvalue weighted by Gasteiger charge is 2.07. The third-order valence-electron chi connectivity index (χ3n) is 6.47. The molecule has 3 rings (SSSR count). The van der Waals surface area contributed by atoms with Gasteiger partial charge in [0.1, 0.15) is 0 Å². The smallest absolute Gasteiger partial charge is 0.0991 e. The number of H-pyrrole nitrogens is 1. The van der Waals surface area contributed by atoms with E-state index in [4.69, 9.17) is 5.26 Å². The van der Waals surface area contributed by atoms with Gasteiger partial charge in [-0.05, 0) is 111 Å². The summed E-state index contributed by atoms with van der Waals surface area (Å²) in [6, 6.07) is 12.8. The van der Waals surface area contributed by atoms with Crippen molar-refractivity contribution >= 4 is 17.0 Å². The topological polar surface area (TPSA) is 51.6 Å². The third-order valence-corrected chi connectivity index (χ3v) is 6.47. The number of rotatable bonds is 12. The molecule has 0 unspecified atom stereocenters. The molecule has 0 amide bonds. The molecule has 0 aliphatic carbocycles. The summed E-state index contributed by atoms with van der Waals surface area (Å²) < 4.78 is 0. The van der Waals surface area contributed by atoms with Gasteiger partial charge in [-0.3, -0.25) is 0 Å². The van der Waals surface area contributed by atoms with Gasteiger partial charge < -0.3 is 10.3 Å². The fraction of sp³-hybridized carbons (Fsp3) is 0.406. The predicted octanol–water partition coefficient (Wildman–Crippen LogP) is 8.07. The Morgan fingerprint density at radius 2 is 1.80 bits per heavy atom. The molecule has 0 atom stereocenters. The fourth-order valence-corrected chi connectivity index (χ4v) is 4.33. The number of aryl methyl sites for hydroxylation is 3. The highest BCUT2D eigenvalue weighted by molar-refractivity contribution is 5.84. The largest absolute Gasteiger partial charge is 0.361 e. The summed E-state index contributed by atoms with van der Waals surface area (Å²) in [6.45, 7) is 16.6. The number of aromatic amines is 1. The van der Waals surface area contributed by atoms with E-state index >= 15 is 0 Å². The summed E-state index contributed by atoms with van der Waals surface area (Å²) in [5.41, 5.74) is 9.95. The normalized spacial score (nSPS) is 11.1. The van der Waals surface area contributed by atoms with Crippen molar-refractivity contribution in [3.63, 3.8) is 0 Å². The first-order chi connectivity index (χ1) is 17.0. The maximum Gasteiger partial charge on any atom is 0.0991 e. The third kappa shape index (κ3) is 8.26. The lowest BCUT2D eigenvalue weighted by Crippen LogP contribution is -2.17. The van der Waals surface area contributed by atoms with Crippen molar-refractivity contribution in [1.82, 2.24) is 10.3 Å². The summed E-state index contributed by atoms with van der Waals surface area (Å²) in [4.78, 5) is 3.32. The van der Waals surface area contributed by atoms with E-state index in [9.17, 15) is 0 Å². The van der Waals surface area contributed by atoms with Crippen LogP contribution < -0.4 is 5.32 Å². The van der Waals surface area contributed by atoms with E-state index in [0.717, 1.165) is 62.7 Å². The van der Waals surface area contributed by atoms with E-state index < -0.39 is 0 Å². The number of nitriles is 1. The second-order valence-electron chi connectivity index (χ2n) is 8.91. The summed E-state index contributed by atoms with van der Waals surface area (Å²) in [5.74, 6) is 0. The maximum atomic E-state index is 9.14. The molecule has 0 saturated carbocycles. The number of nitrogens with one attached hydrogen (secondary N) is 2. The van der Waals surface area contributed by atoms with Crippen LogP contribution in [0.1, 0.15) is 80.3 Å². The lowest BCUT2D eigenvalue weighted by Gasteiger charge is -2.13. The van der Waals surface area contributed by atoms with Crippen LogP contribution in [0.15, 0.2) is 54.8 Å². The van der Waals surface area contributed by atoms with Crippen LogP contribution in [-0.4, -0.2) is 18.1 Å². The zero-order chi connectivity index (χ0) is 25.6. The Labute approximate surface area is 213 Å². The van der Waals surface area contributed by atoms with Crippen LogP contribution in [0, 0.1) is 18.3 Å². The van der Waals surface area contributed by atoms with E-state index in [1.54, 1.807) is 0 Å². The van der Waals surface area contributed by atoms with Crippen molar-refractivity contribution < 1.29 is 0 Å². The number of hydrogen-bond acceptors (Lipinski definition) is 2. The molecule has 0 aliphatic rings. The first-order valence-electron chi connectivity index (χ1n) is 13.2. The standard InChI is InChI=1S/C30H37N3.C2H6/c1-5-22(3)16-28-18-24(6-2)17-26(23(28)4)11-9-15-32-14-8-7-10-27-21-33-30-13-12-25(20-31)19-29(27)30;1-2/h5,12-13,16-19,21,32-33H,1,6-11,14-15H2,2-4H3;1-2H3/b22-16+;. The molecule has 3 heteroatoms. The molecular weight excluding hydrogens is 426 g/mol. The molecule has 0 fully saturated rings. The Hall–Kier alpha value is -3.09. The maximum absolute atomic E-state index is 9.14. The molecular formula is C32H43N3. The van der Waals surface area contributed by atoms with Crippen molar-refractivity contribution in [2.75, 3.05) is 13.1 Å². The number of hydrogen-bond donors (Lipinski definition) is 2. The molecule has 1 aromatic heterocycles. The SMILES string of the molecule is C=C/C(C)=C/c1cc(CC)cc(CCCNCCCCc2c[nH]c3ccc(C#N)cc23)c1C.CC. The van der Waals surface area contributed by atoms with Gasteiger partial charge in [-0.15, -0.1) is 0 Å². The number of allylic oxidation sites excluding steroid dienone is 2. The summed E-state index contributed by atoms with van der Waals surface area (Å²) in [5, 5.41) is 13.9. The highest BCUT2D eigenvalue weighted by atomic mass is 14.8. The van der Waals surface area contributed by atoms with Crippen LogP contribution in [-0.2, 0) is 19.3 Å². The summed E-state index contributed by atoms with van der Waals surface area (Å²) >= 11 is 0. The second-order valence-corrected chi connectivity index (χ2v) is 8.91. The molecule has 0 radical (unpaired) electrons. The van der Waals surface area contributed by atoms with Gasteiger partial charge in [0.2, 0.25) is 0 Å². The van der Waals surface area contributed by atoms with Crippen LogP contribution in [0.4, 0.5) is 0 Å². The minimum absolute atomic E-state index is 0.726. The minimum atomic E-state index is 0.726. The molecule has 35 heavy (non-hydrogen) atoms. The summed E-state index contributed by atoms with van der Waals surface area (Å²) in [6.07, 6.45) is 12.9. The van der Waals surface area contributed by atoms with Gasteiger partial charge in [0.25, 0.3) is 0 Å². The van der Waals surface area contributed by atoms with Gasteiger partial charge in [0.05, 0.1) is 11.6 Å². The zero-order valence-electron chi connectivity index (χ0n) is 22.4. The van der Waals surface area contributed by atoms with Crippen LogP contribution >= 0.6 is 0 Å². The van der Waals surface area contributed by atoms with E-state index in [1.807, 2.05) is 38.1 Å². The van der Waals surface area contributed by atoms with Crippen molar-refractivity contribution in [3.8, 4) is 6.07 Å². The molecule has 1 heterocycles. The van der Waals surface area contributed by atoms with Gasteiger partial charge in [-0.25, -0.2) is 0 Å². The number of fused-ring (bicyclic) bond motifs is 1. The van der Waals surface area contributed by atoms with Crippen molar-refractivity contribution in [2.24, 2.45) is 0 Å². The Bertz CT molecular complexity index is 1160. The van der Waals surface area contributed by atoms with Crippen LogP contribution in [0.25, 0.3) is 17.0 Å². The second kappa shape index (κ2) is 15.0. The fourth-order valence-electron chi connectivity index (χ4n) is 4.33. The quantitative estimate of drug-likeness (QED) is 0.208. The Balaban J connectivity index is 0.00000210. The molecule has 0 bridgehead atoms. The van der Waals surface area contributed by atoms with Crippen LogP contribution in [0.2, 0.25) is 0 Å². The molecule has 3 nitrogen and oxygen atoms in total. The van der Waals surface area contributed by atoms with E-state index in [-0.39, 0.29) is 0 Å². The number of aromatic nitrogens is 1. The van der Waals surface area contributed by atoms with Gasteiger partial charge >= 0.3 is 0 Å². The monoisotopic (exact) mass is 469 g/mol. The van der Waals surface area contributed by atoms with Gasteiger partial charge in [-0.1, -0.05) is 57.2 Å². The molecule has 2 aromatic carbocycles. The summed E-state index contributed by atoms with van der Waals surface area (Å²) in [7, 11) is 0. The van der Waals surface area contributed by atoms with Gasteiger partial charge in [0.15, 0.2) is 0 Å². The predicted molar refractivity (Wildman–Crippen MR) is 153 cm³/mol. The van der Waals surface area contributed by atoms with Gasteiger partial charge in [0, 0.05) is 17.1 Å². The number of nitrogens with zero attached hydrogens (tertiary/aromatic N) is 1. The van der Waals surface area contributed by atoms with Crippen molar-refractivity contribution in [1.29, 1.82) is 5.26 Å². The van der Waals surface area contributed by atoms with E-state index in [1.165, 1.54) is 38.8 Å². The Kier molecular flexibility index (Phi) is 12.1. The average Bonchev–Trinajstić information content (AvgIpc) is 3.30. The molecule has 2 N–H and O–H groups in total. The van der Waals surface area contributed by atoms with Crippen LogP contribution in [0.3, 0.4) is 0 Å². The van der Waals surface area contributed by atoms with Crippen molar-refractivity contribution in [3.05, 3.63) is 88.1 Å². The van der Waals surface area contributed by atoms with E-state index in [2.05, 4.69) is 68.1 Å². The van der Waals surface area contributed by atoms with E-state index in [0.29, 0.717) is 0 Å². The average molecular weight is 470 g/mol. The zero-order valence-corrected chi connectivity index (χ0v) is 22.4. The highest BCUT2D eigenvalue weighted by Crippen LogP contribution is 2.23. The number of unbranched alkanes of at least 4 members (excludes halogenated alkanes) is 1. The lowest BCUT2D eigenvalue weighted by atomic mass is 9.93. The molecule has 0 aliphatic heterocycles. The Morgan fingerprint density at radius 3 is 2.51 bits per heavy atom. The molecule has 0 spiro atoms. The Morgan fingerprint density at radius 1 is 1.06 bits per heavy atom.